The Kier molecular flexibility index (Phi) is 4.97. The molecule has 4 heteroatoms. The van der Waals surface area contributed by atoms with Gasteiger partial charge in [-0.15, -0.1) is 0 Å². The van der Waals surface area contributed by atoms with Crippen molar-refractivity contribution in [2.45, 2.75) is 25.5 Å². The number of hydrogen-bond donors (Lipinski definition) is 1. The van der Waals surface area contributed by atoms with Gasteiger partial charge in [0.15, 0.2) is 0 Å². The van der Waals surface area contributed by atoms with Crippen LogP contribution < -0.4 is 5.73 Å². The molecule has 0 saturated carbocycles. The molecule has 1 aromatic rings. The zero-order chi connectivity index (χ0) is 15.5. The Bertz CT molecular complexity index is 599. The molecule has 0 spiro atoms. The summed E-state index contributed by atoms with van der Waals surface area (Å²) in [5.74, 6) is 6.93. The minimum absolute atomic E-state index is 0.0738. The van der Waals surface area contributed by atoms with Crippen LogP contribution >= 0.6 is 11.8 Å². The number of carbonyl (C=O) groups is 1. The summed E-state index contributed by atoms with van der Waals surface area (Å²) in [6.07, 6.45) is 0. The van der Waals surface area contributed by atoms with Gasteiger partial charge in [-0.2, -0.15) is 11.8 Å². The van der Waals surface area contributed by atoms with Gasteiger partial charge >= 0.3 is 0 Å². The fourth-order valence-electron chi connectivity index (χ4n) is 2.45. The first-order valence-corrected chi connectivity index (χ1v) is 8.14. The summed E-state index contributed by atoms with van der Waals surface area (Å²) in [5.41, 5.74) is 8.01. The van der Waals surface area contributed by atoms with Crippen LogP contribution in [0.3, 0.4) is 0 Å². The molecular weight excluding hydrogens is 280 g/mol. The van der Waals surface area contributed by atoms with Gasteiger partial charge in [0.25, 0.3) is 5.91 Å². The van der Waals surface area contributed by atoms with E-state index in [0.29, 0.717) is 12.1 Å². The second-order valence-corrected chi connectivity index (χ2v) is 7.69. The Morgan fingerprint density at radius 3 is 2.90 bits per heavy atom. The topological polar surface area (TPSA) is 46.3 Å². The second kappa shape index (κ2) is 6.55. The van der Waals surface area contributed by atoms with Crippen LogP contribution in [0.25, 0.3) is 0 Å². The molecule has 112 valence electrons. The lowest BCUT2D eigenvalue weighted by Gasteiger charge is -2.37. The number of amides is 1. The zero-order valence-electron chi connectivity index (χ0n) is 12.9. The van der Waals surface area contributed by atoms with Crippen molar-refractivity contribution in [2.75, 3.05) is 25.4 Å². The maximum absolute atomic E-state index is 12.8. The number of nitrogens with two attached hydrogens (primary N) is 1. The zero-order valence-corrected chi connectivity index (χ0v) is 13.7. The van der Waals surface area contributed by atoms with E-state index in [4.69, 9.17) is 5.73 Å². The van der Waals surface area contributed by atoms with Crippen molar-refractivity contribution in [1.82, 2.24) is 4.90 Å². The lowest BCUT2D eigenvalue weighted by molar-refractivity contribution is 0.0748. The first-order valence-electron chi connectivity index (χ1n) is 7.16. The Balaban J connectivity index is 2.30. The Morgan fingerprint density at radius 1 is 1.48 bits per heavy atom. The van der Waals surface area contributed by atoms with Crippen LogP contribution in [0.15, 0.2) is 18.2 Å². The van der Waals surface area contributed by atoms with Crippen molar-refractivity contribution in [1.29, 1.82) is 0 Å². The standard InChI is InChI=1S/C17H22N2OS/c1-13-6-7-15(14(11-13)5-4-8-18)16(20)19-9-10-21-17(2,3)12-19/h6-7,11H,8-10,12,18H2,1-3H3. The first kappa shape index (κ1) is 15.9. The Labute approximate surface area is 131 Å². The maximum Gasteiger partial charge on any atom is 0.255 e. The summed E-state index contributed by atoms with van der Waals surface area (Å²) < 4.78 is 0.113. The molecule has 1 amide bonds. The average Bonchev–Trinajstić information content (AvgIpc) is 2.43. The van der Waals surface area contributed by atoms with Gasteiger partial charge in [-0.25, -0.2) is 0 Å². The molecule has 0 aromatic heterocycles. The summed E-state index contributed by atoms with van der Waals surface area (Å²) in [7, 11) is 0. The van der Waals surface area contributed by atoms with E-state index < -0.39 is 0 Å². The van der Waals surface area contributed by atoms with Gasteiger partial charge < -0.3 is 10.6 Å². The van der Waals surface area contributed by atoms with Gasteiger partial charge in [0.05, 0.1) is 12.1 Å². The van der Waals surface area contributed by atoms with E-state index in [-0.39, 0.29) is 10.7 Å². The highest BCUT2D eigenvalue weighted by Gasteiger charge is 2.30. The first-order chi connectivity index (χ1) is 9.93. The van der Waals surface area contributed by atoms with E-state index in [0.717, 1.165) is 30.0 Å². The van der Waals surface area contributed by atoms with Crippen LogP contribution in [0, 0.1) is 18.8 Å². The van der Waals surface area contributed by atoms with Gasteiger partial charge in [0, 0.05) is 29.2 Å². The lowest BCUT2D eigenvalue weighted by Crippen LogP contribution is -2.46. The average molecular weight is 302 g/mol. The normalized spacial score (nSPS) is 17.0. The molecule has 1 saturated heterocycles. The predicted octanol–water partition coefficient (Wildman–Crippen LogP) is 2.27. The number of carbonyl (C=O) groups excluding carboxylic acids is 1. The van der Waals surface area contributed by atoms with E-state index in [1.807, 2.05) is 41.8 Å². The van der Waals surface area contributed by atoms with Crippen LogP contribution in [0.5, 0.6) is 0 Å². The van der Waals surface area contributed by atoms with Crippen molar-refractivity contribution in [3.05, 3.63) is 34.9 Å². The van der Waals surface area contributed by atoms with Crippen LogP contribution in [0.4, 0.5) is 0 Å². The van der Waals surface area contributed by atoms with Gasteiger partial charge in [-0.3, -0.25) is 4.79 Å². The van der Waals surface area contributed by atoms with E-state index in [9.17, 15) is 4.79 Å². The molecule has 2 rings (SSSR count). The molecular formula is C17H22N2OS. The van der Waals surface area contributed by atoms with E-state index in [1.165, 1.54) is 0 Å². The van der Waals surface area contributed by atoms with Crippen LogP contribution in [0.2, 0.25) is 0 Å². The molecule has 1 aliphatic rings. The third-order valence-corrected chi connectivity index (χ3v) is 4.74. The number of rotatable bonds is 1. The minimum atomic E-state index is 0.0738. The highest BCUT2D eigenvalue weighted by molar-refractivity contribution is 8.00. The van der Waals surface area contributed by atoms with Crippen molar-refractivity contribution < 1.29 is 4.79 Å². The largest absolute Gasteiger partial charge is 0.336 e. The molecule has 2 N–H and O–H groups in total. The second-order valence-electron chi connectivity index (χ2n) is 5.89. The van der Waals surface area contributed by atoms with Gasteiger partial charge in [-0.05, 0) is 38.5 Å². The molecule has 21 heavy (non-hydrogen) atoms. The minimum Gasteiger partial charge on any atom is -0.336 e. The Morgan fingerprint density at radius 2 is 2.24 bits per heavy atom. The number of nitrogens with zero attached hydrogens (tertiary/aromatic N) is 1. The molecule has 0 unspecified atom stereocenters. The smallest absolute Gasteiger partial charge is 0.255 e. The maximum atomic E-state index is 12.8. The number of aryl methyl sites for hydroxylation is 1. The summed E-state index contributed by atoms with van der Waals surface area (Å²) in [6, 6.07) is 5.80. The van der Waals surface area contributed by atoms with Crippen LogP contribution in [0.1, 0.15) is 35.3 Å². The van der Waals surface area contributed by atoms with E-state index in [2.05, 4.69) is 25.7 Å². The highest BCUT2D eigenvalue weighted by Crippen LogP contribution is 2.30. The monoisotopic (exact) mass is 302 g/mol. The van der Waals surface area contributed by atoms with E-state index >= 15 is 0 Å². The van der Waals surface area contributed by atoms with Gasteiger partial charge in [-0.1, -0.05) is 17.9 Å². The van der Waals surface area contributed by atoms with Crippen molar-refractivity contribution >= 4 is 17.7 Å². The summed E-state index contributed by atoms with van der Waals surface area (Å²) in [4.78, 5) is 14.7. The molecule has 0 bridgehead atoms. The molecule has 1 aromatic carbocycles. The van der Waals surface area contributed by atoms with Crippen LogP contribution in [-0.2, 0) is 0 Å². The third-order valence-electron chi connectivity index (χ3n) is 3.44. The molecule has 3 nitrogen and oxygen atoms in total. The molecule has 0 radical (unpaired) electrons. The van der Waals surface area contributed by atoms with Crippen molar-refractivity contribution in [3.63, 3.8) is 0 Å². The number of thioether (sulfide) groups is 1. The summed E-state index contributed by atoms with van der Waals surface area (Å²) in [5, 5.41) is 0. The highest BCUT2D eigenvalue weighted by atomic mass is 32.2. The Hall–Kier alpha value is -1.44. The molecule has 0 aliphatic carbocycles. The molecule has 0 atom stereocenters. The van der Waals surface area contributed by atoms with E-state index in [1.54, 1.807) is 0 Å². The molecule has 1 heterocycles. The summed E-state index contributed by atoms with van der Waals surface area (Å²) >= 11 is 1.92. The fourth-order valence-corrected chi connectivity index (χ4v) is 3.57. The number of benzene rings is 1. The third kappa shape index (κ3) is 4.03. The molecule has 1 aliphatic heterocycles. The van der Waals surface area contributed by atoms with Gasteiger partial charge in [0.2, 0.25) is 0 Å². The molecule has 1 fully saturated rings. The summed E-state index contributed by atoms with van der Waals surface area (Å²) in [6.45, 7) is 8.24. The van der Waals surface area contributed by atoms with Gasteiger partial charge in [0.1, 0.15) is 0 Å². The number of hydrogen-bond acceptors (Lipinski definition) is 3. The van der Waals surface area contributed by atoms with Crippen molar-refractivity contribution in [2.24, 2.45) is 5.73 Å². The lowest BCUT2D eigenvalue weighted by atomic mass is 10.0. The SMILES string of the molecule is Cc1ccc(C(=O)N2CCSC(C)(C)C2)c(C#CCN)c1. The fraction of sp³-hybridized carbons (Fsp3) is 0.471. The predicted molar refractivity (Wildman–Crippen MR) is 89.6 cm³/mol. The van der Waals surface area contributed by atoms with Crippen molar-refractivity contribution in [3.8, 4) is 11.8 Å². The van der Waals surface area contributed by atoms with Crippen LogP contribution in [-0.4, -0.2) is 40.9 Å². The quantitative estimate of drug-likeness (QED) is 0.810.